The van der Waals surface area contributed by atoms with Gasteiger partial charge in [-0.05, 0) is 35.6 Å². The van der Waals surface area contributed by atoms with Crippen molar-refractivity contribution in [1.82, 2.24) is 5.32 Å². The molecule has 0 saturated heterocycles. The molecule has 2 aromatic carbocycles. The van der Waals surface area contributed by atoms with Crippen molar-refractivity contribution in [2.75, 3.05) is 6.54 Å². The number of carbonyl (C=O) groups is 1. The normalized spacial score (nSPS) is 15.9. The van der Waals surface area contributed by atoms with E-state index >= 15 is 0 Å². The van der Waals surface area contributed by atoms with Crippen molar-refractivity contribution in [1.29, 1.82) is 0 Å². The van der Waals surface area contributed by atoms with E-state index < -0.39 is 6.10 Å². The summed E-state index contributed by atoms with van der Waals surface area (Å²) in [5, 5.41) is 13.3. The third-order valence-corrected chi connectivity index (χ3v) is 3.72. The van der Waals surface area contributed by atoms with E-state index in [1.807, 2.05) is 48.5 Å². The molecule has 102 valence electrons. The first-order valence-corrected chi connectivity index (χ1v) is 6.90. The molecule has 0 radical (unpaired) electrons. The van der Waals surface area contributed by atoms with Gasteiger partial charge in [0.05, 0.1) is 0 Å². The molecule has 1 unspecified atom stereocenters. The van der Waals surface area contributed by atoms with Gasteiger partial charge in [0.2, 0.25) is 0 Å². The van der Waals surface area contributed by atoms with E-state index in [0.717, 1.165) is 29.5 Å². The van der Waals surface area contributed by atoms with Crippen LogP contribution in [0.4, 0.5) is 0 Å². The van der Waals surface area contributed by atoms with Crippen LogP contribution in [0.15, 0.2) is 48.5 Å². The highest BCUT2D eigenvalue weighted by molar-refractivity contribution is 5.96. The van der Waals surface area contributed by atoms with Gasteiger partial charge in [-0.3, -0.25) is 4.79 Å². The van der Waals surface area contributed by atoms with Gasteiger partial charge >= 0.3 is 0 Å². The van der Waals surface area contributed by atoms with Crippen LogP contribution in [0.25, 0.3) is 0 Å². The number of amides is 1. The van der Waals surface area contributed by atoms with Gasteiger partial charge in [0, 0.05) is 12.1 Å². The molecule has 0 bridgehead atoms. The van der Waals surface area contributed by atoms with E-state index in [0.29, 0.717) is 12.1 Å². The van der Waals surface area contributed by atoms with E-state index in [9.17, 15) is 9.90 Å². The minimum atomic E-state index is -0.697. The number of fused-ring (bicyclic) bond motifs is 1. The smallest absolute Gasteiger partial charge is 0.251 e. The van der Waals surface area contributed by atoms with Crippen molar-refractivity contribution in [3.8, 4) is 0 Å². The van der Waals surface area contributed by atoms with Gasteiger partial charge in [-0.15, -0.1) is 0 Å². The number of hydrogen-bond acceptors (Lipinski definition) is 2. The fourth-order valence-corrected chi connectivity index (χ4v) is 2.60. The third kappa shape index (κ3) is 2.45. The van der Waals surface area contributed by atoms with E-state index in [2.05, 4.69) is 5.32 Å². The number of rotatable bonds is 2. The molecule has 20 heavy (non-hydrogen) atoms. The van der Waals surface area contributed by atoms with Crippen molar-refractivity contribution in [2.45, 2.75) is 18.9 Å². The molecule has 0 saturated carbocycles. The summed E-state index contributed by atoms with van der Waals surface area (Å²) in [7, 11) is 0. The largest absolute Gasteiger partial charge is 0.384 e. The lowest BCUT2D eigenvalue weighted by molar-refractivity contribution is 0.0956. The average molecular weight is 267 g/mol. The second kappa shape index (κ2) is 5.47. The van der Waals surface area contributed by atoms with Gasteiger partial charge in [0.25, 0.3) is 5.91 Å². The number of benzene rings is 2. The molecule has 0 fully saturated rings. The van der Waals surface area contributed by atoms with Crippen LogP contribution in [0.3, 0.4) is 0 Å². The summed E-state index contributed by atoms with van der Waals surface area (Å²) in [6.45, 7) is 0.712. The second-order valence-corrected chi connectivity index (χ2v) is 5.09. The van der Waals surface area contributed by atoms with Crippen molar-refractivity contribution in [3.63, 3.8) is 0 Å². The predicted molar refractivity (Wildman–Crippen MR) is 77.6 cm³/mol. The Bertz CT molecular complexity index is 622. The third-order valence-electron chi connectivity index (χ3n) is 3.72. The molecule has 3 rings (SSSR count). The number of aliphatic hydroxyl groups excluding tert-OH is 1. The Morgan fingerprint density at radius 2 is 1.85 bits per heavy atom. The molecule has 0 aliphatic carbocycles. The lowest BCUT2D eigenvalue weighted by Gasteiger charge is -2.14. The van der Waals surface area contributed by atoms with Crippen molar-refractivity contribution in [3.05, 3.63) is 70.8 Å². The Balaban J connectivity index is 1.98. The maximum absolute atomic E-state index is 12.0. The lowest BCUT2D eigenvalue weighted by Crippen LogP contribution is -2.22. The summed E-state index contributed by atoms with van der Waals surface area (Å²) in [6, 6.07) is 15.2. The van der Waals surface area contributed by atoms with Crippen LogP contribution < -0.4 is 5.32 Å². The Hall–Kier alpha value is -2.13. The van der Waals surface area contributed by atoms with Crippen LogP contribution in [0, 0.1) is 0 Å². The summed E-state index contributed by atoms with van der Waals surface area (Å²) in [5.74, 6) is -0.0420. The Kier molecular flexibility index (Phi) is 3.52. The molecular weight excluding hydrogens is 250 g/mol. The minimum absolute atomic E-state index is 0.0420. The topological polar surface area (TPSA) is 49.3 Å². The zero-order chi connectivity index (χ0) is 13.9. The van der Waals surface area contributed by atoms with Crippen LogP contribution in [0.5, 0.6) is 0 Å². The number of hydrogen-bond donors (Lipinski definition) is 2. The molecule has 2 aromatic rings. The van der Waals surface area contributed by atoms with Crippen LogP contribution in [0.1, 0.15) is 39.6 Å². The van der Waals surface area contributed by atoms with Crippen molar-refractivity contribution >= 4 is 5.91 Å². The molecular formula is C17H17NO2. The SMILES string of the molecule is O=C1NCCCc2ccc(C(O)c3ccccc3)cc21. The van der Waals surface area contributed by atoms with E-state index in [-0.39, 0.29) is 5.91 Å². The van der Waals surface area contributed by atoms with Gasteiger partial charge < -0.3 is 10.4 Å². The maximum atomic E-state index is 12.0. The number of aliphatic hydroxyl groups is 1. The highest BCUT2D eigenvalue weighted by atomic mass is 16.3. The van der Waals surface area contributed by atoms with Crippen molar-refractivity contribution in [2.24, 2.45) is 0 Å². The lowest BCUT2D eigenvalue weighted by atomic mass is 9.95. The second-order valence-electron chi connectivity index (χ2n) is 5.09. The number of carbonyl (C=O) groups excluding carboxylic acids is 1. The summed E-state index contributed by atoms with van der Waals surface area (Å²) in [4.78, 5) is 12.0. The van der Waals surface area contributed by atoms with Gasteiger partial charge in [-0.2, -0.15) is 0 Å². The van der Waals surface area contributed by atoms with Gasteiger partial charge in [0.15, 0.2) is 0 Å². The molecule has 1 heterocycles. The molecule has 1 atom stereocenters. The summed E-state index contributed by atoms with van der Waals surface area (Å²) in [5.41, 5.74) is 3.34. The van der Waals surface area contributed by atoms with Gasteiger partial charge in [-0.25, -0.2) is 0 Å². The Morgan fingerprint density at radius 1 is 1.05 bits per heavy atom. The van der Waals surface area contributed by atoms with Crippen LogP contribution in [-0.2, 0) is 6.42 Å². The van der Waals surface area contributed by atoms with Crippen LogP contribution >= 0.6 is 0 Å². The van der Waals surface area contributed by atoms with Gasteiger partial charge in [0.1, 0.15) is 6.10 Å². The average Bonchev–Trinajstić information content (AvgIpc) is 2.69. The summed E-state index contributed by atoms with van der Waals surface area (Å²) in [6.07, 6.45) is 1.16. The highest BCUT2D eigenvalue weighted by Gasteiger charge is 2.18. The number of aryl methyl sites for hydroxylation is 1. The fraction of sp³-hybridized carbons (Fsp3) is 0.235. The Morgan fingerprint density at radius 3 is 2.65 bits per heavy atom. The van der Waals surface area contributed by atoms with Crippen molar-refractivity contribution < 1.29 is 9.90 Å². The minimum Gasteiger partial charge on any atom is -0.384 e. The first kappa shape index (κ1) is 12.9. The molecule has 1 aliphatic rings. The highest BCUT2D eigenvalue weighted by Crippen LogP contribution is 2.25. The zero-order valence-electron chi connectivity index (χ0n) is 11.2. The molecule has 1 aliphatic heterocycles. The number of nitrogens with one attached hydrogen (secondary N) is 1. The molecule has 3 heteroatoms. The first-order chi connectivity index (χ1) is 9.75. The monoisotopic (exact) mass is 267 g/mol. The summed E-state index contributed by atoms with van der Waals surface area (Å²) < 4.78 is 0. The summed E-state index contributed by atoms with van der Waals surface area (Å²) >= 11 is 0. The molecule has 0 spiro atoms. The fourth-order valence-electron chi connectivity index (χ4n) is 2.60. The zero-order valence-corrected chi connectivity index (χ0v) is 11.2. The quantitative estimate of drug-likeness (QED) is 0.878. The first-order valence-electron chi connectivity index (χ1n) is 6.90. The Labute approximate surface area is 118 Å². The molecule has 0 aromatic heterocycles. The molecule has 2 N–H and O–H groups in total. The predicted octanol–water partition coefficient (Wildman–Crippen LogP) is 2.44. The standard InChI is InChI=1S/C17H17NO2/c19-16(13-5-2-1-3-6-13)14-9-8-12-7-4-10-18-17(20)15(12)11-14/h1-3,5-6,8-9,11,16,19H,4,7,10H2,(H,18,20). The van der Waals surface area contributed by atoms with E-state index in [1.165, 1.54) is 0 Å². The maximum Gasteiger partial charge on any atom is 0.251 e. The van der Waals surface area contributed by atoms with Gasteiger partial charge in [-0.1, -0.05) is 42.5 Å². The van der Waals surface area contributed by atoms with Crippen LogP contribution in [-0.4, -0.2) is 17.6 Å². The van der Waals surface area contributed by atoms with E-state index in [4.69, 9.17) is 0 Å². The molecule has 1 amide bonds. The van der Waals surface area contributed by atoms with E-state index in [1.54, 1.807) is 0 Å². The van der Waals surface area contributed by atoms with Crippen LogP contribution in [0.2, 0.25) is 0 Å². The molecule has 3 nitrogen and oxygen atoms in total.